The maximum absolute atomic E-state index is 4.56. The molecule has 92 valence electrons. The molecule has 5 nitrogen and oxygen atoms in total. The van der Waals surface area contributed by atoms with Crippen LogP contribution in [0.15, 0.2) is 24.3 Å². The van der Waals surface area contributed by atoms with E-state index in [1.165, 1.54) is 5.56 Å². The van der Waals surface area contributed by atoms with Crippen molar-refractivity contribution >= 4 is 16.3 Å². The summed E-state index contributed by atoms with van der Waals surface area (Å²) in [5, 5.41) is 13.8. The molecule has 0 aliphatic carbocycles. The van der Waals surface area contributed by atoms with E-state index >= 15 is 0 Å². The van der Waals surface area contributed by atoms with E-state index < -0.39 is 0 Å². The number of aromatic nitrogens is 4. The molecule has 0 atom stereocenters. The van der Waals surface area contributed by atoms with Crippen LogP contribution in [-0.4, -0.2) is 19.8 Å². The lowest BCUT2D eigenvalue weighted by molar-refractivity contribution is -0.386. The zero-order chi connectivity index (χ0) is 12.5. The fraction of sp³-hybridized carbons (Fsp3) is 0.250. The maximum atomic E-state index is 4.56. The van der Waals surface area contributed by atoms with E-state index in [1.807, 2.05) is 4.52 Å². The standard InChI is InChI=1S/C12H13N5S/c1-2-10-14-15-12-17(10)16-11(18-12)9-5-3-8(7-13)4-6-9/h3-6H,2,7,13H2,1H3/p+1. The predicted molar refractivity (Wildman–Crippen MR) is 70.1 cm³/mol. The Morgan fingerprint density at radius 3 is 2.67 bits per heavy atom. The Hall–Kier alpha value is -1.79. The van der Waals surface area contributed by atoms with Gasteiger partial charge in [-0.05, 0) is 0 Å². The zero-order valence-corrected chi connectivity index (χ0v) is 10.9. The first-order valence-corrected chi connectivity index (χ1v) is 6.73. The smallest absolute Gasteiger partial charge is 0.234 e. The topological polar surface area (TPSA) is 70.7 Å². The second-order valence-corrected chi connectivity index (χ2v) is 4.97. The Kier molecular flexibility index (Phi) is 2.81. The fourth-order valence-electron chi connectivity index (χ4n) is 1.81. The number of benzene rings is 1. The molecule has 6 heteroatoms. The van der Waals surface area contributed by atoms with Gasteiger partial charge in [-0.25, -0.2) is 0 Å². The Balaban J connectivity index is 2.04. The molecule has 0 saturated carbocycles. The van der Waals surface area contributed by atoms with Crippen molar-refractivity contribution in [2.75, 3.05) is 0 Å². The molecule has 0 amide bonds. The highest BCUT2D eigenvalue weighted by Gasteiger charge is 2.11. The van der Waals surface area contributed by atoms with Gasteiger partial charge in [0.1, 0.15) is 5.01 Å². The van der Waals surface area contributed by atoms with Crippen molar-refractivity contribution in [1.29, 1.82) is 0 Å². The summed E-state index contributed by atoms with van der Waals surface area (Å²) in [5.41, 5.74) is 6.22. The Labute approximate surface area is 108 Å². The van der Waals surface area contributed by atoms with Crippen molar-refractivity contribution in [3.8, 4) is 10.6 Å². The van der Waals surface area contributed by atoms with Crippen LogP contribution in [0, 0.1) is 0 Å². The third-order valence-corrected chi connectivity index (χ3v) is 3.81. The van der Waals surface area contributed by atoms with Crippen molar-refractivity contribution in [3.63, 3.8) is 0 Å². The molecule has 0 spiro atoms. The van der Waals surface area contributed by atoms with Crippen LogP contribution < -0.4 is 5.73 Å². The average molecular weight is 260 g/mol. The van der Waals surface area contributed by atoms with Crippen LogP contribution in [0.25, 0.3) is 15.5 Å². The van der Waals surface area contributed by atoms with Crippen LogP contribution in [0.4, 0.5) is 0 Å². The van der Waals surface area contributed by atoms with E-state index in [1.54, 1.807) is 11.3 Å². The molecule has 3 rings (SSSR count). The number of quaternary nitrogens is 1. The third kappa shape index (κ3) is 1.79. The summed E-state index contributed by atoms with van der Waals surface area (Å²) in [6, 6.07) is 8.34. The molecule has 0 bridgehead atoms. The van der Waals surface area contributed by atoms with Crippen molar-refractivity contribution in [2.24, 2.45) is 0 Å². The summed E-state index contributed by atoms with van der Waals surface area (Å²) in [7, 11) is 0. The number of nitrogens with zero attached hydrogens (tertiary/aromatic N) is 4. The maximum Gasteiger partial charge on any atom is 0.234 e. The normalized spacial score (nSPS) is 11.2. The van der Waals surface area contributed by atoms with Crippen LogP contribution >= 0.6 is 11.3 Å². The lowest BCUT2D eigenvalue weighted by Gasteiger charge is -1.97. The van der Waals surface area contributed by atoms with E-state index in [2.05, 4.69) is 52.2 Å². The highest BCUT2D eigenvalue weighted by molar-refractivity contribution is 7.19. The van der Waals surface area contributed by atoms with Gasteiger partial charge in [-0.1, -0.05) is 42.5 Å². The second kappa shape index (κ2) is 4.47. The summed E-state index contributed by atoms with van der Waals surface area (Å²) in [4.78, 5) is 0.850. The van der Waals surface area contributed by atoms with Crippen LogP contribution in [0.5, 0.6) is 0 Å². The lowest BCUT2D eigenvalue weighted by atomic mass is 10.1. The number of hydrogen-bond acceptors (Lipinski definition) is 4. The molecule has 0 aliphatic heterocycles. The van der Waals surface area contributed by atoms with Gasteiger partial charge in [-0.3, -0.25) is 0 Å². The average Bonchev–Trinajstić information content (AvgIpc) is 2.98. The van der Waals surface area contributed by atoms with E-state index in [0.29, 0.717) is 0 Å². The van der Waals surface area contributed by atoms with Gasteiger partial charge in [-0.15, -0.1) is 10.2 Å². The van der Waals surface area contributed by atoms with Crippen LogP contribution in [0.1, 0.15) is 18.3 Å². The predicted octanol–water partition coefficient (Wildman–Crippen LogP) is 1.16. The van der Waals surface area contributed by atoms with Gasteiger partial charge >= 0.3 is 0 Å². The van der Waals surface area contributed by atoms with Crippen molar-refractivity contribution in [2.45, 2.75) is 19.9 Å². The minimum absolute atomic E-state index is 0.811. The first kappa shape index (κ1) is 11.3. The van der Waals surface area contributed by atoms with Gasteiger partial charge in [-0.2, -0.15) is 9.61 Å². The number of rotatable bonds is 3. The van der Waals surface area contributed by atoms with Gasteiger partial charge in [0.15, 0.2) is 5.82 Å². The largest absolute Gasteiger partial charge is 0.354 e. The minimum Gasteiger partial charge on any atom is -0.354 e. The molecule has 0 radical (unpaired) electrons. The highest BCUT2D eigenvalue weighted by Crippen LogP contribution is 2.25. The van der Waals surface area contributed by atoms with E-state index in [4.69, 9.17) is 0 Å². The minimum atomic E-state index is 0.811. The lowest BCUT2D eigenvalue weighted by Crippen LogP contribution is -2.47. The first-order chi connectivity index (χ1) is 8.81. The molecule has 3 aromatic rings. The van der Waals surface area contributed by atoms with Crippen molar-refractivity contribution < 1.29 is 5.73 Å². The van der Waals surface area contributed by atoms with Crippen LogP contribution in [0.3, 0.4) is 0 Å². The summed E-state index contributed by atoms with van der Waals surface area (Å²) in [6.07, 6.45) is 0.838. The van der Waals surface area contributed by atoms with E-state index in [-0.39, 0.29) is 0 Å². The molecule has 2 aromatic heterocycles. The molecule has 1 aromatic carbocycles. The number of aryl methyl sites for hydroxylation is 1. The van der Waals surface area contributed by atoms with E-state index in [0.717, 1.165) is 34.3 Å². The third-order valence-electron chi connectivity index (χ3n) is 2.86. The van der Waals surface area contributed by atoms with Crippen LogP contribution in [-0.2, 0) is 13.0 Å². The molecule has 3 N–H and O–H groups in total. The molecular weight excluding hydrogens is 246 g/mol. The number of hydrogen-bond donors (Lipinski definition) is 1. The molecule has 2 heterocycles. The van der Waals surface area contributed by atoms with E-state index in [9.17, 15) is 0 Å². The Bertz CT molecular complexity index is 667. The second-order valence-electron chi connectivity index (χ2n) is 4.02. The molecule has 18 heavy (non-hydrogen) atoms. The Morgan fingerprint density at radius 1 is 1.22 bits per heavy atom. The quantitative estimate of drug-likeness (QED) is 0.768. The first-order valence-electron chi connectivity index (χ1n) is 5.91. The molecule has 0 aliphatic rings. The van der Waals surface area contributed by atoms with Gasteiger partial charge in [0.2, 0.25) is 4.96 Å². The summed E-state index contributed by atoms with van der Waals surface area (Å²) in [5.74, 6) is 0.905. The van der Waals surface area contributed by atoms with Crippen LogP contribution in [0.2, 0.25) is 0 Å². The summed E-state index contributed by atoms with van der Waals surface area (Å²) in [6.45, 7) is 2.86. The van der Waals surface area contributed by atoms with Gasteiger partial charge in [0.05, 0.1) is 6.54 Å². The summed E-state index contributed by atoms with van der Waals surface area (Å²) >= 11 is 1.56. The highest BCUT2D eigenvalue weighted by atomic mass is 32.1. The monoisotopic (exact) mass is 260 g/mol. The number of fused-ring (bicyclic) bond motifs is 1. The zero-order valence-electron chi connectivity index (χ0n) is 10.1. The molecular formula is C12H14N5S+. The van der Waals surface area contributed by atoms with Gasteiger partial charge < -0.3 is 5.73 Å². The molecule has 0 unspecified atom stereocenters. The van der Waals surface area contributed by atoms with Gasteiger partial charge in [0, 0.05) is 17.5 Å². The fourth-order valence-corrected chi connectivity index (χ4v) is 2.67. The van der Waals surface area contributed by atoms with Gasteiger partial charge in [0.25, 0.3) is 0 Å². The summed E-state index contributed by atoms with van der Waals surface area (Å²) < 4.78 is 1.83. The van der Waals surface area contributed by atoms with Crippen molar-refractivity contribution in [3.05, 3.63) is 35.7 Å². The Morgan fingerprint density at radius 2 is 2.00 bits per heavy atom. The van der Waals surface area contributed by atoms with Crippen molar-refractivity contribution in [1.82, 2.24) is 19.8 Å². The molecule has 0 saturated heterocycles. The molecule has 0 fully saturated rings. The SMILES string of the molecule is CCc1nnc2sc(-c3ccc(C[NH3+])cc3)nn12.